The molecule has 0 bridgehead atoms. The van der Waals surface area contributed by atoms with Crippen LogP contribution in [0, 0.1) is 29.1 Å². The topological polar surface area (TPSA) is 0 Å². The van der Waals surface area contributed by atoms with Gasteiger partial charge in [0.2, 0.25) is 5.82 Å². The average molecular weight is 242 g/mol. The molecule has 0 unspecified atom stereocenters. The molecule has 0 spiro atoms. The Morgan fingerprint density at radius 3 is 1.60 bits per heavy atom. The van der Waals surface area contributed by atoms with Gasteiger partial charge in [0, 0.05) is 11.3 Å². The lowest BCUT2D eigenvalue weighted by molar-refractivity contribution is 0.372. The molecule has 0 aliphatic rings. The molecular weight excluding hydrogens is 235 g/mol. The summed E-state index contributed by atoms with van der Waals surface area (Å²) in [5.41, 5.74) is -0.766. The zero-order chi connectivity index (χ0) is 11.6. The Morgan fingerprint density at radius 1 is 0.800 bits per heavy atom. The van der Waals surface area contributed by atoms with Crippen molar-refractivity contribution in [1.29, 1.82) is 0 Å². The number of benzene rings is 1. The van der Waals surface area contributed by atoms with E-state index >= 15 is 0 Å². The highest BCUT2D eigenvalue weighted by atomic mass is 32.2. The largest absolute Gasteiger partial charge is 0.203 e. The molecule has 0 heterocycles. The minimum atomic E-state index is -2.12. The molecule has 0 saturated heterocycles. The van der Waals surface area contributed by atoms with Crippen molar-refractivity contribution in [2.24, 2.45) is 0 Å². The first-order chi connectivity index (χ1) is 7.00. The first-order valence-corrected chi connectivity index (χ1v) is 5.24. The van der Waals surface area contributed by atoms with Gasteiger partial charge >= 0.3 is 0 Å². The van der Waals surface area contributed by atoms with E-state index in [4.69, 9.17) is 0 Å². The Kier molecular flexibility index (Phi) is 3.96. The summed E-state index contributed by atoms with van der Waals surface area (Å²) in [4.78, 5) is 0. The summed E-state index contributed by atoms with van der Waals surface area (Å²) in [6.07, 6.45) is 0. The lowest BCUT2D eigenvalue weighted by Gasteiger charge is -2.06. The predicted molar refractivity (Wildman–Crippen MR) is 48.1 cm³/mol. The molecule has 0 aromatic heterocycles. The molecule has 0 atom stereocenters. The van der Waals surface area contributed by atoms with Crippen LogP contribution in [0.5, 0.6) is 0 Å². The van der Waals surface area contributed by atoms with E-state index < -0.39 is 34.6 Å². The van der Waals surface area contributed by atoms with E-state index in [-0.39, 0.29) is 5.75 Å². The van der Waals surface area contributed by atoms with Gasteiger partial charge in [-0.25, -0.2) is 22.0 Å². The van der Waals surface area contributed by atoms with Gasteiger partial charge < -0.3 is 0 Å². The second-order valence-corrected chi connectivity index (χ2v) is 3.96. The van der Waals surface area contributed by atoms with Crippen LogP contribution in [-0.2, 0) is 5.75 Å². The molecule has 0 N–H and O–H groups in total. The summed E-state index contributed by atoms with van der Waals surface area (Å²) in [6, 6.07) is 0. The van der Waals surface area contributed by atoms with Gasteiger partial charge in [0.15, 0.2) is 23.3 Å². The molecule has 0 aliphatic carbocycles. The van der Waals surface area contributed by atoms with Crippen LogP contribution in [0.25, 0.3) is 0 Å². The SMILES string of the molecule is CCSCc1c(F)c(F)c(F)c(F)c1F. The molecule has 84 valence electrons. The Bertz CT molecular complexity index is 348. The molecule has 0 aliphatic heterocycles. The highest BCUT2D eigenvalue weighted by Crippen LogP contribution is 2.25. The normalized spacial score (nSPS) is 10.8. The number of hydrogen-bond acceptors (Lipinski definition) is 1. The fraction of sp³-hybridized carbons (Fsp3) is 0.333. The summed E-state index contributed by atoms with van der Waals surface area (Å²) in [5.74, 6) is -9.09. The van der Waals surface area contributed by atoms with Gasteiger partial charge in [-0.15, -0.1) is 0 Å². The smallest absolute Gasteiger partial charge is 0.200 e. The monoisotopic (exact) mass is 242 g/mol. The Balaban J connectivity index is 3.26. The van der Waals surface area contributed by atoms with Crippen LogP contribution in [0.15, 0.2) is 0 Å². The van der Waals surface area contributed by atoms with E-state index in [0.717, 1.165) is 11.8 Å². The van der Waals surface area contributed by atoms with Gasteiger partial charge in [-0.05, 0) is 5.75 Å². The molecule has 0 amide bonds. The number of rotatable bonds is 3. The van der Waals surface area contributed by atoms with Gasteiger partial charge in [0.05, 0.1) is 0 Å². The minimum absolute atomic E-state index is 0.234. The third kappa shape index (κ3) is 2.25. The summed E-state index contributed by atoms with van der Waals surface area (Å²) >= 11 is 1.08. The van der Waals surface area contributed by atoms with Gasteiger partial charge in [0.25, 0.3) is 0 Å². The van der Waals surface area contributed by atoms with Crippen molar-refractivity contribution in [2.75, 3.05) is 5.75 Å². The Morgan fingerprint density at radius 2 is 1.20 bits per heavy atom. The summed E-state index contributed by atoms with van der Waals surface area (Å²) < 4.78 is 63.9. The van der Waals surface area contributed by atoms with Crippen LogP contribution < -0.4 is 0 Å². The molecule has 1 rings (SSSR count). The number of halogens is 5. The predicted octanol–water partition coefficient (Wildman–Crippen LogP) is 3.64. The van der Waals surface area contributed by atoms with Crippen LogP contribution in [0.1, 0.15) is 12.5 Å². The standard InChI is InChI=1S/C9H7F5S/c1-2-15-3-4-5(10)7(12)9(14)8(13)6(4)11/h2-3H2,1H3. The van der Waals surface area contributed by atoms with Crippen molar-refractivity contribution in [3.63, 3.8) is 0 Å². The lowest BCUT2D eigenvalue weighted by Crippen LogP contribution is -2.06. The maximum atomic E-state index is 13.0. The second-order valence-electron chi connectivity index (χ2n) is 2.69. The van der Waals surface area contributed by atoms with Crippen molar-refractivity contribution in [2.45, 2.75) is 12.7 Å². The van der Waals surface area contributed by atoms with Crippen LogP contribution in [0.2, 0.25) is 0 Å². The van der Waals surface area contributed by atoms with Gasteiger partial charge in [-0.3, -0.25) is 0 Å². The fourth-order valence-corrected chi connectivity index (χ4v) is 1.64. The van der Waals surface area contributed by atoms with Crippen LogP contribution in [0.4, 0.5) is 22.0 Å². The third-order valence-corrected chi connectivity index (χ3v) is 2.65. The van der Waals surface area contributed by atoms with Crippen molar-refractivity contribution < 1.29 is 22.0 Å². The van der Waals surface area contributed by atoms with Gasteiger partial charge in [0.1, 0.15) is 0 Å². The maximum Gasteiger partial charge on any atom is 0.200 e. The summed E-state index contributed by atoms with van der Waals surface area (Å²) in [6.45, 7) is 1.72. The zero-order valence-electron chi connectivity index (χ0n) is 7.71. The third-order valence-electron chi connectivity index (χ3n) is 1.75. The Hall–Kier alpha value is -0.780. The highest BCUT2D eigenvalue weighted by Gasteiger charge is 2.24. The number of hydrogen-bond donors (Lipinski definition) is 0. The molecule has 15 heavy (non-hydrogen) atoms. The van der Waals surface area contributed by atoms with Crippen molar-refractivity contribution in [3.8, 4) is 0 Å². The lowest BCUT2D eigenvalue weighted by atomic mass is 10.2. The molecule has 0 radical (unpaired) electrons. The van der Waals surface area contributed by atoms with E-state index in [1.54, 1.807) is 6.92 Å². The summed E-state index contributed by atoms with van der Waals surface area (Å²) in [5, 5.41) is 0. The first kappa shape index (κ1) is 12.3. The van der Waals surface area contributed by atoms with Crippen molar-refractivity contribution in [1.82, 2.24) is 0 Å². The molecule has 1 aromatic rings. The molecule has 0 nitrogen and oxygen atoms in total. The van der Waals surface area contributed by atoms with Crippen LogP contribution >= 0.6 is 11.8 Å². The van der Waals surface area contributed by atoms with Crippen LogP contribution in [0.3, 0.4) is 0 Å². The average Bonchev–Trinajstić information content (AvgIpc) is 2.24. The Labute approximate surface area is 87.5 Å². The van der Waals surface area contributed by atoms with E-state index in [9.17, 15) is 22.0 Å². The summed E-state index contributed by atoms with van der Waals surface area (Å²) in [7, 11) is 0. The molecule has 1 aromatic carbocycles. The van der Waals surface area contributed by atoms with Crippen molar-refractivity contribution >= 4 is 11.8 Å². The van der Waals surface area contributed by atoms with Gasteiger partial charge in [-0.2, -0.15) is 11.8 Å². The first-order valence-electron chi connectivity index (χ1n) is 4.08. The van der Waals surface area contributed by atoms with E-state index in [1.807, 2.05) is 0 Å². The maximum absolute atomic E-state index is 13.0. The number of thioether (sulfide) groups is 1. The highest BCUT2D eigenvalue weighted by molar-refractivity contribution is 7.98. The van der Waals surface area contributed by atoms with E-state index in [1.165, 1.54) is 0 Å². The quantitative estimate of drug-likeness (QED) is 0.443. The van der Waals surface area contributed by atoms with E-state index in [2.05, 4.69) is 0 Å². The molecule has 0 saturated carbocycles. The molecular formula is C9H7F5S. The van der Waals surface area contributed by atoms with E-state index in [0.29, 0.717) is 5.75 Å². The minimum Gasteiger partial charge on any atom is -0.203 e. The molecule has 6 heteroatoms. The van der Waals surface area contributed by atoms with Crippen molar-refractivity contribution in [3.05, 3.63) is 34.6 Å². The molecule has 0 fully saturated rings. The van der Waals surface area contributed by atoms with Gasteiger partial charge in [-0.1, -0.05) is 6.92 Å². The van der Waals surface area contributed by atoms with Crippen LogP contribution in [-0.4, -0.2) is 5.75 Å². The zero-order valence-corrected chi connectivity index (χ0v) is 8.53. The fourth-order valence-electron chi connectivity index (χ4n) is 0.981. The second kappa shape index (κ2) is 4.83.